The van der Waals surface area contributed by atoms with Crippen LogP contribution in [0.15, 0.2) is 24.3 Å². The van der Waals surface area contributed by atoms with E-state index >= 15 is 0 Å². The summed E-state index contributed by atoms with van der Waals surface area (Å²) < 4.78 is 0. The van der Waals surface area contributed by atoms with Crippen molar-refractivity contribution in [2.75, 3.05) is 19.6 Å². The third-order valence-corrected chi connectivity index (χ3v) is 3.01. The van der Waals surface area contributed by atoms with Gasteiger partial charge in [0.2, 0.25) is 0 Å². The Morgan fingerprint density at radius 2 is 1.59 bits per heavy atom. The van der Waals surface area contributed by atoms with Gasteiger partial charge in [-0.15, -0.1) is 0 Å². The van der Waals surface area contributed by atoms with Gasteiger partial charge in [0.25, 0.3) is 0 Å². The molecule has 1 rings (SSSR count). The van der Waals surface area contributed by atoms with Crippen LogP contribution in [0.5, 0.6) is 0 Å². The first-order valence-electron chi connectivity index (χ1n) is 6.81. The van der Waals surface area contributed by atoms with Crippen molar-refractivity contribution in [1.29, 1.82) is 0 Å². The fraction of sp³-hybridized carbons (Fsp3) is 0.600. The second-order valence-electron chi connectivity index (χ2n) is 4.58. The number of benzene rings is 1. The summed E-state index contributed by atoms with van der Waals surface area (Å²) in [6.45, 7) is 8.66. The molecule has 0 atom stereocenters. The van der Waals surface area contributed by atoms with Crippen LogP contribution in [0.1, 0.15) is 37.8 Å². The Hall–Kier alpha value is -0.860. The molecule has 0 saturated heterocycles. The van der Waals surface area contributed by atoms with Crippen LogP contribution in [0.2, 0.25) is 0 Å². The Kier molecular flexibility index (Phi) is 6.90. The van der Waals surface area contributed by atoms with Gasteiger partial charge < -0.3 is 5.73 Å². The fourth-order valence-corrected chi connectivity index (χ4v) is 2.25. The highest BCUT2D eigenvalue weighted by atomic mass is 15.1. The summed E-state index contributed by atoms with van der Waals surface area (Å²) >= 11 is 0. The monoisotopic (exact) mass is 234 g/mol. The zero-order valence-electron chi connectivity index (χ0n) is 11.3. The molecule has 0 unspecified atom stereocenters. The molecule has 0 aliphatic heterocycles. The minimum Gasteiger partial charge on any atom is -0.330 e. The molecular formula is C15H26N2. The molecule has 0 aliphatic rings. The highest BCUT2D eigenvalue weighted by Gasteiger charge is 2.07. The molecule has 0 bridgehead atoms. The minimum atomic E-state index is 0.735. The summed E-state index contributed by atoms with van der Waals surface area (Å²) in [5.74, 6) is 0. The first-order chi connectivity index (χ1) is 8.31. The maximum Gasteiger partial charge on any atom is 0.0236 e. The number of hydrogen-bond donors (Lipinski definition) is 1. The molecule has 0 aromatic heterocycles. The van der Waals surface area contributed by atoms with E-state index in [-0.39, 0.29) is 0 Å². The smallest absolute Gasteiger partial charge is 0.0236 e. The van der Waals surface area contributed by atoms with E-state index in [1.54, 1.807) is 0 Å². The van der Waals surface area contributed by atoms with E-state index in [9.17, 15) is 0 Å². The summed E-state index contributed by atoms with van der Waals surface area (Å²) in [6.07, 6.45) is 3.43. The maximum absolute atomic E-state index is 5.66. The molecule has 0 fully saturated rings. The van der Waals surface area contributed by atoms with Gasteiger partial charge in [-0.3, -0.25) is 4.90 Å². The van der Waals surface area contributed by atoms with E-state index in [0.29, 0.717) is 0 Å². The van der Waals surface area contributed by atoms with Gasteiger partial charge in [0.1, 0.15) is 0 Å². The van der Waals surface area contributed by atoms with Crippen molar-refractivity contribution in [2.24, 2.45) is 5.73 Å². The molecule has 0 aliphatic carbocycles. The Balaban J connectivity index is 2.69. The Morgan fingerprint density at radius 1 is 1.00 bits per heavy atom. The highest BCUT2D eigenvalue weighted by molar-refractivity contribution is 5.27. The second-order valence-corrected chi connectivity index (χ2v) is 4.58. The quantitative estimate of drug-likeness (QED) is 0.749. The summed E-state index contributed by atoms with van der Waals surface area (Å²) in [5.41, 5.74) is 8.52. The van der Waals surface area contributed by atoms with E-state index < -0.39 is 0 Å². The van der Waals surface area contributed by atoms with Crippen molar-refractivity contribution >= 4 is 0 Å². The largest absolute Gasteiger partial charge is 0.330 e. The molecule has 96 valence electrons. The normalized spacial score (nSPS) is 11.1. The molecular weight excluding hydrogens is 208 g/mol. The third-order valence-electron chi connectivity index (χ3n) is 3.01. The fourth-order valence-electron chi connectivity index (χ4n) is 2.25. The lowest BCUT2D eigenvalue weighted by atomic mass is 10.0. The molecule has 0 radical (unpaired) electrons. The second kappa shape index (κ2) is 8.26. The third kappa shape index (κ3) is 4.88. The lowest BCUT2D eigenvalue weighted by molar-refractivity contribution is 0.266. The van der Waals surface area contributed by atoms with E-state index in [4.69, 9.17) is 5.73 Å². The van der Waals surface area contributed by atoms with Crippen LogP contribution in [0, 0.1) is 0 Å². The molecule has 2 nitrogen and oxygen atoms in total. The van der Waals surface area contributed by atoms with Crippen molar-refractivity contribution in [3.8, 4) is 0 Å². The van der Waals surface area contributed by atoms with Crippen molar-refractivity contribution < 1.29 is 0 Å². The van der Waals surface area contributed by atoms with Crippen molar-refractivity contribution in [3.05, 3.63) is 35.4 Å². The first kappa shape index (κ1) is 14.2. The molecule has 0 saturated carbocycles. The lowest BCUT2D eigenvalue weighted by Gasteiger charge is -2.22. The average Bonchev–Trinajstić information content (AvgIpc) is 2.33. The standard InChI is InChI=1S/C15H26N2/c1-3-11-17(12-4-2)13-15-8-6-5-7-14(15)9-10-16/h5-8H,3-4,9-13,16H2,1-2H3. The average molecular weight is 234 g/mol. The predicted octanol–water partition coefficient (Wildman–Crippen LogP) is 2.81. The molecule has 0 amide bonds. The summed E-state index contributed by atoms with van der Waals surface area (Å²) in [5, 5.41) is 0. The van der Waals surface area contributed by atoms with Gasteiger partial charge in [0.15, 0.2) is 0 Å². The van der Waals surface area contributed by atoms with E-state index in [1.807, 2.05) is 0 Å². The lowest BCUT2D eigenvalue weighted by Crippen LogP contribution is -2.25. The van der Waals surface area contributed by atoms with E-state index in [2.05, 4.69) is 43.0 Å². The Labute approximate surface area is 106 Å². The predicted molar refractivity (Wildman–Crippen MR) is 75.1 cm³/mol. The SMILES string of the molecule is CCCN(CCC)Cc1ccccc1CCN. The molecule has 2 N–H and O–H groups in total. The van der Waals surface area contributed by atoms with Crippen LogP contribution in [0.25, 0.3) is 0 Å². The van der Waals surface area contributed by atoms with Crippen LogP contribution in [-0.4, -0.2) is 24.5 Å². The van der Waals surface area contributed by atoms with Gasteiger partial charge in [0.05, 0.1) is 0 Å². The van der Waals surface area contributed by atoms with E-state index in [0.717, 1.165) is 19.5 Å². The van der Waals surface area contributed by atoms with Crippen LogP contribution in [0.4, 0.5) is 0 Å². The van der Waals surface area contributed by atoms with Crippen molar-refractivity contribution in [3.63, 3.8) is 0 Å². The van der Waals surface area contributed by atoms with Gasteiger partial charge >= 0.3 is 0 Å². The molecule has 2 heteroatoms. The zero-order valence-corrected chi connectivity index (χ0v) is 11.3. The number of nitrogens with zero attached hydrogens (tertiary/aromatic N) is 1. The van der Waals surface area contributed by atoms with Gasteiger partial charge in [0, 0.05) is 6.54 Å². The van der Waals surface area contributed by atoms with E-state index in [1.165, 1.54) is 37.1 Å². The van der Waals surface area contributed by atoms with Gasteiger partial charge in [-0.05, 0) is 50.0 Å². The molecule has 17 heavy (non-hydrogen) atoms. The molecule has 0 heterocycles. The summed E-state index contributed by atoms with van der Waals surface area (Å²) in [7, 11) is 0. The summed E-state index contributed by atoms with van der Waals surface area (Å²) in [6, 6.07) is 8.69. The Morgan fingerprint density at radius 3 is 2.12 bits per heavy atom. The number of rotatable bonds is 8. The van der Waals surface area contributed by atoms with Crippen LogP contribution in [-0.2, 0) is 13.0 Å². The van der Waals surface area contributed by atoms with Crippen molar-refractivity contribution in [2.45, 2.75) is 39.7 Å². The maximum atomic E-state index is 5.66. The Bertz CT molecular complexity index is 304. The zero-order chi connectivity index (χ0) is 12.5. The number of hydrogen-bond acceptors (Lipinski definition) is 2. The molecule has 1 aromatic carbocycles. The molecule has 1 aromatic rings. The van der Waals surface area contributed by atoms with Crippen LogP contribution in [0.3, 0.4) is 0 Å². The van der Waals surface area contributed by atoms with Gasteiger partial charge in [-0.2, -0.15) is 0 Å². The number of nitrogens with two attached hydrogens (primary N) is 1. The van der Waals surface area contributed by atoms with Crippen molar-refractivity contribution in [1.82, 2.24) is 4.90 Å². The van der Waals surface area contributed by atoms with Crippen LogP contribution < -0.4 is 5.73 Å². The summed E-state index contributed by atoms with van der Waals surface area (Å²) in [4.78, 5) is 2.54. The van der Waals surface area contributed by atoms with Gasteiger partial charge in [-0.25, -0.2) is 0 Å². The minimum absolute atomic E-state index is 0.735. The highest BCUT2D eigenvalue weighted by Crippen LogP contribution is 2.12. The first-order valence-corrected chi connectivity index (χ1v) is 6.81. The van der Waals surface area contributed by atoms with Gasteiger partial charge in [-0.1, -0.05) is 38.1 Å². The van der Waals surface area contributed by atoms with Crippen LogP contribution >= 0.6 is 0 Å². The molecule has 0 spiro atoms. The topological polar surface area (TPSA) is 29.3 Å².